The number of benzene rings is 23. The summed E-state index contributed by atoms with van der Waals surface area (Å²) in [5, 5.41) is 25.4. The van der Waals surface area contributed by atoms with Crippen molar-refractivity contribution in [1.29, 1.82) is 0 Å². The van der Waals surface area contributed by atoms with E-state index in [4.69, 9.17) is 0 Å². The van der Waals surface area contributed by atoms with Gasteiger partial charge in [-0.15, -0.1) is 0 Å². The van der Waals surface area contributed by atoms with E-state index in [-0.39, 0.29) is 0 Å². The lowest BCUT2D eigenvalue weighted by atomic mass is 9.92. The van der Waals surface area contributed by atoms with E-state index >= 15 is 0 Å². The number of para-hydroxylation sites is 11. The molecule has 0 unspecified atom stereocenters. The van der Waals surface area contributed by atoms with Crippen LogP contribution in [0.4, 0.5) is 0 Å². The summed E-state index contributed by atoms with van der Waals surface area (Å²) in [6.45, 7) is 0. The Morgan fingerprint density at radius 3 is 0.496 bits per heavy atom. The zero-order valence-corrected chi connectivity index (χ0v) is 75.7. The zero-order valence-electron chi connectivity index (χ0n) is 75.7. The highest BCUT2D eigenvalue weighted by atomic mass is 15.0. The minimum Gasteiger partial charge on any atom is -0.309 e. The molecule has 0 aliphatic carbocycles. The van der Waals surface area contributed by atoms with Gasteiger partial charge < -0.3 is 32.0 Å². The summed E-state index contributed by atoms with van der Waals surface area (Å²) < 4.78 is 16.9. The van der Waals surface area contributed by atoms with Crippen LogP contribution in [0.3, 0.4) is 0 Å². The molecule has 0 aliphatic rings. The standard InChI is InChI=1S/C48H31N3.C48H30N2.C36H24N2/c1-4-14-34(15-5-1)49-43-22-12-10-20-37(43)39-28-32(24-26-45(39)49)33-25-27-46-40(29-33)42-30-41-38-21-11-13-23-44(38)50(35-16-6-2-7-17-35)47(41)31-48(42)51(46)36-18-8-3-9-19-36;1-3-13-33(14-4-1)49-45-22-12-11-21-40(45)43-29-44-42-28-32(24-26-46(42)50(48(44)30-47(43)49)34-15-5-2-6-16-34)31-23-25-39-37-19-8-7-17-35(37)36-18-9-10-20-38(36)41(39)27-31;1-4-12-25(13-5-1)26-20-21-34-30(22-26)32-23-31-29-18-10-11-19-33(29)37(27-14-6-2-7-15-27)35(31)24-36(32)38(34)28-16-8-3-9-17-28/h1-31H;1-30H;1-24H. The molecule has 648 valence electrons. The van der Waals surface area contributed by atoms with E-state index in [1.807, 2.05) is 0 Å². The highest BCUT2D eigenvalue weighted by Gasteiger charge is 2.26. The molecule has 0 saturated carbocycles. The molecule has 7 nitrogen and oxygen atoms in total. The number of fused-ring (bicyclic) bond motifs is 27. The van der Waals surface area contributed by atoms with Gasteiger partial charge in [-0.1, -0.05) is 315 Å². The Bertz CT molecular complexity index is 10100. The lowest BCUT2D eigenvalue weighted by Gasteiger charge is -2.12. The fourth-order valence-electron chi connectivity index (χ4n) is 22.8. The molecule has 0 amide bonds. The molecule has 7 aromatic heterocycles. The van der Waals surface area contributed by atoms with Gasteiger partial charge in [0.05, 0.1) is 77.2 Å². The first-order valence-electron chi connectivity index (χ1n) is 47.8. The van der Waals surface area contributed by atoms with Gasteiger partial charge in [-0.25, -0.2) is 0 Å². The molecule has 7 heteroatoms. The van der Waals surface area contributed by atoms with Crippen LogP contribution in [-0.4, -0.2) is 32.0 Å². The zero-order chi connectivity index (χ0) is 91.3. The molecule has 0 atom stereocenters. The fourth-order valence-corrected chi connectivity index (χ4v) is 22.8. The smallest absolute Gasteiger partial charge is 0.0562 e. The average molecular weight is 1770 g/mol. The molecule has 30 aromatic rings. The first kappa shape index (κ1) is 79.0. The van der Waals surface area contributed by atoms with Crippen LogP contribution in [0, 0.1) is 0 Å². The quantitative estimate of drug-likeness (QED) is 0.122. The van der Waals surface area contributed by atoms with Gasteiger partial charge in [0.1, 0.15) is 0 Å². The summed E-state index contributed by atoms with van der Waals surface area (Å²) in [5.74, 6) is 0. The molecule has 0 bridgehead atoms. The lowest BCUT2D eigenvalue weighted by Crippen LogP contribution is -1.95. The molecule has 139 heavy (non-hydrogen) atoms. The van der Waals surface area contributed by atoms with Crippen molar-refractivity contribution in [3.05, 3.63) is 516 Å². The minimum absolute atomic E-state index is 1.15. The molecule has 0 aliphatic heterocycles. The summed E-state index contributed by atoms with van der Waals surface area (Å²) in [6.07, 6.45) is 0. The van der Waals surface area contributed by atoms with Crippen LogP contribution < -0.4 is 0 Å². The number of rotatable bonds is 10. The molecule has 0 fully saturated rings. The second-order valence-electron chi connectivity index (χ2n) is 36.6. The third-order valence-electron chi connectivity index (χ3n) is 29.0. The molecule has 0 spiro atoms. The Morgan fingerprint density at radius 1 is 0.0791 bits per heavy atom. The van der Waals surface area contributed by atoms with Crippen molar-refractivity contribution < 1.29 is 0 Å². The van der Waals surface area contributed by atoms with Crippen molar-refractivity contribution in [2.75, 3.05) is 0 Å². The normalized spacial score (nSPS) is 11.9. The molecular weight excluding hydrogens is 1680 g/mol. The molecule has 7 heterocycles. The van der Waals surface area contributed by atoms with E-state index in [2.05, 4.69) is 548 Å². The topological polar surface area (TPSA) is 34.5 Å². The third kappa shape index (κ3) is 12.7. The highest BCUT2D eigenvalue weighted by molar-refractivity contribution is 6.28. The summed E-state index contributed by atoms with van der Waals surface area (Å²) in [6, 6.07) is 188. The second kappa shape index (κ2) is 32.1. The van der Waals surface area contributed by atoms with E-state index in [0.717, 1.165) is 17.1 Å². The van der Waals surface area contributed by atoms with Crippen molar-refractivity contribution in [3.8, 4) is 73.2 Å². The van der Waals surface area contributed by atoms with Gasteiger partial charge >= 0.3 is 0 Å². The van der Waals surface area contributed by atoms with Crippen molar-refractivity contribution in [1.82, 2.24) is 32.0 Å². The fraction of sp³-hybridized carbons (Fsp3) is 0. The molecule has 0 radical (unpaired) electrons. The van der Waals surface area contributed by atoms with Crippen LogP contribution in [0.5, 0.6) is 0 Å². The van der Waals surface area contributed by atoms with Gasteiger partial charge in [0.15, 0.2) is 0 Å². The Kier molecular flexibility index (Phi) is 18.3. The van der Waals surface area contributed by atoms with Gasteiger partial charge in [-0.3, -0.25) is 0 Å². The summed E-state index contributed by atoms with van der Waals surface area (Å²) in [5.41, 5.74) is 32.4. The predicted octanol–water partition coefficient (Wildman–Crippen LogP) is 35.2. The first-order valence-corrected chi connectivity index (χ1v) is 47.8. The Labute approximate surface area is 800 Å². The number of hydrogen-bond donors (Lipinski definition) is 0. The minimum atomic E-state index is 1.15. The Hall–Kier alpha value is -18.6. The van der Waals surface area contributed by atoms with Crippen molar-refractivity contribution in [2.45, 2.75) is 0 Å². The van der Waals surface area contributed by atoms with Crippen molar-refractivity contribution in [2.24, 2.45) is 0 Å². The third-order valence-corrected chi connectivity index (χ3v) is 29.0. The van der Waals surface area contributed by atoms with Crippen LogP contribution in [0.2, 0.25) is 0 Å². The summed E-state index contributed by atoms with van der Waals surface area (Å²) in [7, 11) is 0. The first-order chi connectivity index (χ1) is 69.0. The van der Waals surface area contributed by atoms with E-state index < -0.39 is 0 Å². The Balaban J connectivity index is 0.000000104. The Morgan fingerprint density at radius 2 is 0.237 bits per heavy atom. The number of nitrogens with zero attached hydrogens (tertiary/aromatic N) is 7. The van der Waals surface area contributed by atoms with Gasteiger partial charge in [0.25, 0.3) is 0 Å². The van der Waals surface area contributed by atoms with E-state index in [9.17, 15) is 0 Å². The monoisotopic (exact) mass is 1770 g/mol. The van der Waals surface area contributed by atoms with Gasteiger partial charge in [-0.2, -0.15) is 0 Å². The molecule has 23 aromatic carbocycles. The molecule has 0 saturated heterocycles. The summed E-state index contributed by atoms with van der Waals surface area (Å²) in [4.78, 5) is 0. The maximum absolute atomic E-state index is 2.43. The van der Waals surface area contributed by atoms with Crippen LogP contribution in [-0.2, 0) is 0 Å². The van der Waals surface area contributed by atoms with Crippen LogP contribution >= 0.6 is 0 Å². The number of hydrogen-bond acceptors (Lipinski definition) is 0. The molecule has 0 N–H and O–H groups in total. The van der Waals surface area contributed by atoms with E-state index in [0.29, 0.717) is 0 Å². The maximum atomic E-state index is 2.43. The SMILES string of the molecule is c1ccc(-c2ccc3c(c2)c2cc4c5ccccc5n(-c5ccccc5)c4cc2n3-c2ccccc2)cc1.c1ccc(-n2c3ccccc3c3cc(-c4ccc5c(c4)c4cc6c7ccccc7n(-c7ccccc7)c6cc4n5-c4ccccc4)ccc32)cc1.c1ccc(-n2c3ccccc3c3cc4c5cc(-c6ccc7c8ccccc8c8ccccc8c7c6)ccc5n(-c5ccccc5)c4cc32)cc1. The van der Waals surface area contributed by atoms with Crippen LogP contribution in [0.15, 0.2) is 516 Å². The summed E-state index contributed by atoms with van der Waals surface area (Å²) >= 11 is 0. The van der Waals surface area contributed by atoms with Gasteiger partial charge in [-0.05, 0) is 266 Å². The lowest BCUT2D eigenvalue weighted by molar-refractivity contribution is 1.16. The average Bonchev–Trinajstić information content (AvgIpc) is 1.56. The maximum Gasteiger partial charge on any atom is 0.0562 e. The predicted molar refractivity (Wildman–Crippen MR) is 589 cm³/mol. The van der Waals surface area contributed by atoms with Crippen LogP contribution in [0.1, 0.15) is 0 Å². The van der Waals surface area contributed by atoms with E-state index in [1.165, 1.54) is 241 Å². The molecule has 30 rings (SSSR count). The highest BCUT2D eigenvalue weighted by Crippen LogP contribution is 2.48. The van der Waals surface area contributed by atoms with Crippen molar-refractivity contribution in [3.63, 3.8) is 0 Å². The largest absolute Gasteiger partial charge is 0.309 e. The van der Waals surface area contributed by atoms with Gasteiger partial charge in [0.2, 0.25) is 0 Å². The second-order valence-corrected chi connectivity index (χ2v) is 36.6. The number of aromatic nitrogens is 7. The van der Waals surface area contributed by atoms with Gasteiger partial charge in [0, 0.05) is 115 Å². The van der Waals surface area contributed by atoms with Crippen molar-refractivity contribution >= 4 is 185 Å². The van der Waals surface area contributed by atoms with Crippen LogP contribution in [0.25, 0.3) is 258 Å². The molecular formula is C132H85N7. The van der Waals surface area contributed by atoms with E-state index in [1.54, 1.807) is 0 Å².